The van der Waals surface area contributed by atoms with Crippen molar-refractivity contribution in [3.05, 3.63) is 39.5 Å². The number of benzene rings is 1. The number of likely N-dealkylation sites (N-methyl/N-ethyl adjacent to an activating group) is 1. The summed E-state index contributed by atoms with van der Waals surface area (Å²) in [7, 11) is 3.99. The molecular formula is C17H18ClN3OS3. The van der Waals surface area contributed by atoms with Crippen molar-refractivity contribution in [1.82, 2.24) is 9.88 Å². The number of aromatic nitrogens is 1. The number of hydrogen-bond acceptors (Lipinski definition) is 6. The summed E-state index contributed by atoms with van der Waals surface area (Å²) in [4.78, 5) is 23.3. The Labute approximate surface area is 164 Å². The smallest absolute Gasteiger partial charge is 0.270 e. The van der Waals surface area contributed by atoms with E-state index in [1.165, 1.54) is 16.2 Å². The number of thiophene rings is 1. The highest BCUT2D eigenvalue weighted by molar-refractivity contribution is 7.98. The first-order valence-corrected chi connectivity index (χ1v) is 10.9. The van der Waals surface area contributed by atoms with E-state index in [4.69, 9.17) is 11.6 Å². The summed E-state index contributed by atoms with van der Waals surface area (Å²) in [6.07, 6.45) is 2.05. The number of carbonyl (C=O) groups is 1. The molecule has 2 aromatic heterocycles. The zero-order valence-electron chi connectivity index (χ0n) is 14.2. The predicted molar refractivity (Wildman–Crippen MR) is 111 cm³/mol. The Kier molecular flexibility index (Phi) is 6.01. The first-order chi connectivity index (χ1) is 12.0. The third-order valence-corrected chi connectivity index (χ3v) is 6.60. The largest absolute Gasteiger partial charge is 0.308 e. The van der Waals surface area contributed by atoms with Gasteiger partial charge in [0, 0.05) is 18.0 Å². The number of anilines is 1. The van der Waals surface area contributed by atoms with E-state index in [-0.39, 0.29) is 5.91 Å². The van der Waals surface area contributed by atoms with Crippen LogP contribution in [0.2, 0.25) is 4.34 Å². The Morgan fingerprint density at radius 1 is 1.20 bits per heavy atom. The van der Waals surface area contributed by atoms with Gasteiger partial charge in [0.25, 0.3) is 5.91 Å². The lowest BCUT2D eigenvalue weighted by molar-refractivity contribution is 0.0989. The van der Waals surface area contributed by atoms with Crippen LogP contribution in [-0.2, 0) is 0 Å². The molecule has 25 heavy (non-hydrogen) atoms. The number of halogens is 1. The van der Waals surface area contributed by atoms with E-state index in [0.29, 0.717) is 15.8 Å². The lowest BCUT2D eigenvalue weighted by Crippen LogP contribution is -2.36. The lowest BCUT2D eigenvalue weighted by Gasteiger charge is -2.21. The quantitative estimate of drug-likeness (QED) is 0.538. The van der Waals surface area contributed by atoms with E-state index in [1.807, 2.05) is 20.2 Å². The number of carbonyl (C=O) groups excluding carboxylic acids is 1. The minimum absolute atomic E-state index is 0.0529. The molecular weight excluding hydrogens is 394 g/mol. The summed E-state index contributed by atoms with van der Waals surface area (Å²) < 4.78 is 1.71. The van der Waals surface area contributed by atoms with Crippen molar-refractivity contribution in [3.63, 3.8) is 0 Å². The van der Waals surface area contributed by atoms with Gasteiger partial charge < -0.3 is 4.90 Å². The van der Waals surface area contributed by atoms with Gasteiger partial charge in [0.2, 0.25) is 0 Å². The summed E-state index contributed by atoms with van der Waals surface area (Å²) in [6, 6.07) is 9.72. The molecule has 132 valence electrons. The van der Waals surface area contributed by atoms with Gasteiger partial charge in [-0.15, -0.1) is 23.1 Å². The number of fused-ring (bicyclic) bond motifs is 1. The average Bonchev–Trinajstić information content (AvgIpc) is 3.19. The molecule has 0 aliphatic heterocycles. The van der Waals surface area contributed by atoms with Gasteiger partial charge in [0.15, 0.2) is 5.13 Å². The second-order valence-electron chi connectivity index (χ2n) is 5.69. The van der Waals surface area contributed by atoms with Gasteiger partial charge in [-0.3, -0.25) is 9.69 Å². The van der Waals surface area contributed by atoms with Gasteiger partial charge in [-0.1, -0.05) is 22.9 Å². The van der Waals surface area contributed by atoms with E-state index in [9.17, 15) is 4.79 Å². The van der Waals surface area contributed by atoms with E-state index in [2.05, 4.69) is 28.3 Å². The monoisotopic (exact) mass is 411 g/mol. The number of hydrogen-bond donors (Lipinski definition) is 0. The molecule has 8 heteroatoms. The van der Waals surface area contributed by atoms with Gasteiger partial charge in [-0.2, -0.15) is 0 Å². The zero-order valence-corrected chi connectivity index (χ0v) is 17.4. The normalized spacial score (nSPS) is 11.4. The van der Waals surface area contributed by atoms with Gasteiger partial charge >= 0.3 is 0 Å². The maximum absolute atomic E-state index is 13.0. The molecule has 0 radical (unpaired) electrons. The highest BCUT2D eigenvalue weighted by atomic mass is 35.5. The Balaban J connectivity index is 1.97. The van der Waals surface area contributed by atoms with E-state index in [0.717, 1.165) is 21.9 Å². The summed E-state index contributed by atoms with van der Waals surface area (Å²) >= 11 is 10.6. The second-order valence-corrected chi connectivity index (χ2v) is 9.30. The van der Waals surface area contributed by atoms with Crippen LogP contribution >= 0.6 is 46.0 Å². The number of rotatable bonds is 6. The van der Waals surface area contributed by atoms with E-state index in [1.54, 1.807) is 40.1 Å². The molecule has 2 heterocycles. The fraction of sp³-hybridized carbons (Fsp3) is 0.294. The summed E-state index contributed by atoms with van der Waals surface area (Å²) in [5, 5.41) is 0.727. The molecule has 0 unspecified atom stereocenters. The standard InChI is InChI=1S/C17H18ClN3OS3/c1-20(2)8-9-21(16(22)13-6-7-15(18)24-13)17-19-12-5-4-11(23-3)10-14(12)25-17/h4-7,10H,8-9H2,1-3H3. The molecule has 0 aliphatic rings. The van der Waals surface area contributed by atoms with Crippen molar-refractivity contribution in [1.29, 1.82) is 0 Å². The molecule has 0 saturated heterocycles. The maximum Gasteiger partial charge on any atom is 0.270 e. The molecule has 0 fully saturated rings. The van der Waals surface area contributed by atoms with Crippen LogP contribution in [0.15, 0.2) is 35.2 Å². The lowest BCUT2D eigenvalue weighted by atomic mass is 10.3. The van der Waals surface area contributed by atoms with E-state index >= 15 is 0 Å². The molecule has 0 bridgehead atoms. The Morgan fingerprint density at radius 3 is 2.64 bits per heavy atom. The van der Waals surface area contributed by atoms with Crippen LogP contribution < -0.4 is 4.90 Å². The van der Waals surface area contributed by atoms with Crippen LogP contribution in [0.1, 0.15) is 9.67 Å². The Hall–Kier alpha value is -1.12. The fourth-order valence-corrected chi connectivity index (χ4v) is 4.82. The maximum atomic E-state index is 13.0. The van der Waals surface area contributed by atoms with Crippen molar-refractivity contribution in [2.75, 3.05) is 38.3 Å². The molecule has 3 rings (SSSR count). The minimum atomic E-state index is -0.0529. The van der Waals surface area contributed by atoms with Gasteiger partial charge in [-0.05, 0) is 50.7 Å². The predicted octanol–water partition coefficient (Wildman–Crippen LogP) is 4.94. The molecule has 1 amide bonds. The molecule has 3 aromatic rings. The summed E-state index contributed by atoms with van der Waals surface area (Å²) in [6.45, 7) is 1.34. The highest BCUT2D eigenvalue weighted by Crippen LogP contribution is 2.33. The summed E-state index contributed by atoms with van der Waals surface area (Å²) in [5.41, 5.74) is 0.921. The SMILES string of the molecule is CSc1ccc2nc(N(CCN(C)C)C(=O)c3ccc(Cl)s3)sc2c1. The first kappa shape index (κ1) is 18.7. The fourth-order valence-electron chi connectivity index (χ4n) is 2.28. The molecule has 0 atom stereocenters. The molecule has 0 saturated carbocycles. The van der Waals surface area contributed by atoms with Crippen LogP contribution in [0.25, 0.3) is 10.2 Å². The Morgan fingerprint density at radius 2 is 2.00 bits per heavy atom. The number of nitrogens with zero attached hydrogens (tertiary/aromatic N) is 3. The third kappa shape index (κ3) is 4.35. The van der Waals surface area contributed by atoms with E-state index < -0.39 is 0 Å². The van der Waals surface area contributed by atoms with Crippen molar-refractivity contribution in [3.8, 4) is 0 Å². The molecule has 0 spiro atoms. The van der Waals surface area contributed by atoms with Crippen LogP contribution in [0, 0.1) is 0 Å². The second kappa shape index (κ2) is 8.05. The molecule has 0 aliphatic carbocycles. The van der Waals surface area contributed by atoms with Crippen molar-refractivity contribution >= 4 is 67.3 Å². The Bertz CT molecular complexity index is 890. The van der Waals surface area contributed by atoms with Gasteiger partial charge in [0.1, 0.15) is 0 Å². The van der Waals surface area contributed by atoms with Crippen molar-refractivity contribution in [2.24, 2.45) is 0 Å². The van der Waals surface area contributed by atoms with Crippen LogP contribution in [0.5, 0.6) is 0 Å². The third-order valence-electron chi connectivity index (χ3n) is 3.62. The van der Waals surface area contributed by atoms with Crippen molar-refractivity contribution in [2.45, 2.75) is 4.90 Å². The minimum Gasteiger partial charge on any atom is -0.308 e. The number of thioether (sulfide) groups is 1. The van der Waals surface area contributed by atoms with Gasteiger partial charge in [0.05, 0.1) is 19.4 Å². The van der Waals surface area contributed by atoms with Crippen molar-refractivity contribution < 1.29 is 4.79 Å². The molecule has 1 aromatic carbocycles. The number of amides is 1. The summed E-state index contributed by atoms with van der Waals surface area (Å²) in [5.74, 6) is -0.0529. The van der Waals surface area contributed by atoms with Crippen LogP contribution in [0.4, 0.5) is 5.13 Å². The molecule has 0 N–H and O–H groups in total. The topological polar surface area (TPSA) is 36.4 Å². The molecule has 4 nitrogen and oxygen atoms in total. The zero-order chi connectivity index (χ0) is 18.0. The van der Waals surface area contributed by atoms with Crippen LogP contribution in [0.3, 0.4) is 0 Å². The number of thiazole rings is 1. The first-order valence-electron chi connectivity index (χ1n) is 7.64. The van der Waals surface area contributed by atoms with Crippen LogP contribution in [-0.4, -0.2) is 49.2 Å². The average molecular weight is 412 g/mol. The van der Waals surface area contributed by atoms with Gasteiger partial charge in [-0.25, -0.2) is 4.98 Å². The highest BCUT2D eigenvalue weighted by Gasteiger charge is 2.22.